The predicted molar refractivity (Wildman–Crippen MR) is 64.7 cm³/mol. The predicted octanol–water partition coefficient (Wildman–Crippen LogP) is 2.84. The van der Waals surface area contributed by atoms with E-state index in [0.717, 1.165) is 12.2 Å². The summed E-state index contributed by atoms with van der Waals surface area (Å²) in [5.41, 5.74) is 2.40. The van der Waals surface area contributed by atoms with Gasteiger partial charge in [0, 0.05) is 11.8 Å². The summed E-state index contributed by atoms with van der Waals surface area (Å²) in [6, 6.07) is 6.14. The summed E-state index contributed by atoms with van der Waals surface area (Å²) in [5.74, 6) is 0.910. The fourth-order valence-corrected chi connectivity index (χ4v) is 2.02. The van der Waals surface area contributed by atoms with Gasteiger partial charge in [0.05, 0.1) is 6.10 Å². The van der Waals surface area contributed by atoms with Gasteiger partial charge in [-0.3, -0.25) is 0 Å². The zero-order valence-electron chi connectivity index (χ0n) is 10.4. The summed E-state index contributed by atoms with van der Waals surface area (Å²) in [5, 5.41) is 9.64. The molecule has 0 aromatic heterocycles. The van der Waals surface area contributed by atoms with Crippen molar-refractivity contribution in [1.29, 1.82) is 0 Å². The maximum atomic E-state index is 9.64. The highest BCUT2D eigenvalue weighted by atomic mass is 16.5. The molecule has 0 heterocycles. The average molecular weight is 220 g/mol. The number of aliphatic hydroxyl groups excluding tert-OH is 1. The molecule has 1 aromatic rings. The lowest BCUT2D eigenvalue weighted by Gasteiger charge is -2.48. The molecule has 0 spiro atoms. The first-order valence-corrected chi connectivity index (χ1v) is 5.83. The molecule has 16 heavy (non-hydrogen) atoms. The first-order valence-electron chi connectivity index (χ1n) is 5.83. The second-order valence-corrected chi connectivity index (χ2v) is 5.43. The van der Waals surface area contributed by atoms with Crippen molar-refractivity contribution in [3.05, 3.63) is 29.3 Å². The average Bonchev–Trinajstić information content (AvgIpc) is 2.23. The van der Waals surface area contributed by atoms with Gasteiger partial charge in [-0.25, -0.2) is 0 Å². The van der Waals surface area contributed by atoms with Crippen LogP contribution in [-0.2, 0) is 0 Å². The van der Waals surface area contributed by atoms with Gasteiger partial charge in [0.2, 0.25) is 0 Å². The Morgan fingerprint density at radius 1 is 1.25 bits per heavy atom. The van der Waals surface area contributed by atoms with Gasteiger partial charge in [0.1, 0.15) is 11.9 Å². The van der Waals surface area contributed by atoms with Crippen molar-refractivity contribution in [2.24, 2.45) is 5.41 Å². The summed E-state index contributed by atoms with van der Waals surface area (Å²) in [6.45, 7) is 8.28. The number of hydrogen-bond donors (Lipinski definition) is 1. The normalized spacial score (nSPS) is 27.3. The second-order valence-electron chi connectivity index (χ2n) is 5.43. The number of hydrogen-bond acceptors (Lipinski definition) is 2. The zero-order chi connectivity index (χ0) is 11.9. The van der Waals surface area contributed by atoms with Crippen LogP contribution in [0.2, 0.25) is 0 Å². The fourth-order valence-electron chi connectivity index (χ4n) is 2.02. The van der Waals surface area contributed by atoms with Crippen molar-refractivity contribution in [1.82, 2.24) is 0 Å². The maximum absolute atomic E-state index is 9.64. The molecule has 1 aromatic carbocycles. The Balaban J connectivity index is 2.08. The molecule has 2 nitrogen and oxygen atoms in total. The van der Waals surface area contributed by atoms with Crippen LogP contribution in [0.15, 0.2) is 18.2 Å². The van der Waals surface area contributed by atoms with Gasteiger partial charge in [-0.05, 0) is 37.1 Å². The minimum absolute atomic E-state index is 0.126. The highest BCUT2D eigenvalue weighted by Gasteiger charge is 2.49. The van der Waals surface area contributed by atoms with E-state index in [9.17, 15) is 5.11 Å². The first-order chi connectivity index (χ1) is 7.41. The molecule has 1 aliphatic rings. The standard InChI is InChI=1S/C14H20O2/c1-9-5-6-11(7-10(9)2)16-13-8-12(15)14(13,3)4/h5-7,12-13,15H,8H2,1-4H3. The van der Waals surface area contributed by atoms with E-state index in [4.69, 9.17) is 4.74 Å². The highest BCUT2D eigenvalue weighted by Crippen LogP contribution is 2.43. The van der Waals surface area contributed by atoms with Crippen LogP contribution in [0.1, 0.15) is 31.4 Å². The van der Waals surface area contributed by atoms with Crippen LogP contribution >= 0.6 is 0 Å². The monoisotopic (exact) mass is 220 g/mol. The molecule has 0 aliphatic heterocycles. The van der Waals surface area contributed by atoms with E-state index in [1.165, 1.54) is 11.1 Å². The van der Waals surface area contributed by atoms with E-state index in [1.54, 1.807) is 0 Å². The molecule has 2 unspecified atom stereocenters. The van der Waals surface area contributed by atoms with E-state index in [0.29, 0.717) is 0 Å². The summed E-state index contributed by atoms with van der Waals surface area (Å²) in [7, 11) is 0. The van der Waals surface area contributed by atoms with Crippen molar-refractivity contribution in [2.45, 2.75) is 46.3 Å². The number of benzene rings is 1. The number of rotatable bonds is 2. The van der Waals surface area contributed by atoms with Gasteiger partial charge in [-0.2, -0.15) is 0 Å². The summed E-state index contributed by atoms with van der Waals surface area (Å²) >= 11 is 0. The lowest BCUT2D eigenvalue weighted by molar-refractivity contribution is -0.134. The zero-order valence-corrected chi connectivity index (χ0v) is 10.4. The molecular formula is C14H20O2. The molecule has 0 radical (unpaired) electrons. The first kappa shape index (κ1) is 11.5. The molecule has 0 saturated heterocycles. The van der Waals surface area contributed by atoms with Crippen molar-refractivity contribution >= 4 is 0 Å². The van der Waals surface area contributed by atoms with Gasteiger partial charge < -0.3 is 9.84 Å². The largest absolute Gasteiger partial charge is 0.490 e. The van der Waals surface area contributed by atoms with Crippen molar-refractivity contribution in [2.75, 3.05) is 0 Å². The molecule has 0 bridgehead atoms. The van der Waals surface area contributed by atoms with Crippen LogP contribution in [0, 0.1) is 19.3 Å². The molecular weight excluding hydrogens is 200 g/mol. The summed E-state index contributed by atoms with van der Waals surface area (Å²) in [4.78, 5) is 0. The third kappa shape index (κ3) is 1.82. The number of aliphatic hydroxyl groups is 1. The van der Waals surface area contributed by atoms with Gasteiger partial charge in [0.15, 0.2) is 0 Å². The molecule has 1 saturated carbocycles. The molecule has 2 atom stereocenters. The Kier molecular flexibility index (Phi) is 2.70. The van der Waals surface area contributed by atoms with Gasteiger partial charge in [-0.1, -0.05) is 19.9 Å². The Morgan fingerprint density at radius 3 is 2.44 bits per heavy atom. The molecule has 2 heteroatoms. The summed E-state index contributed by atoms with van der Waals surface area (Å²) in [6.07, 6.45) is 0.633. The van der Waals surface area contributed by atoms with Crippen LogP contribution < -0.4 is 4.74 Å². The smallest absolute Gasteiger partial charge is 0.120 e. The fraction of sp³-hybridized carbons (Fsp3) is 0.571. The Morgan fingerprint density at radius 2 is 1.94 bits per heavy atom. The van der Waals surface area contributed by atoms with E-state index >= 15 is 0 Å². The van der Waals surface area contributed by atoms with Gasteiger partial charge in [0.25, 0.3) is 0 Å². The second kappa shape index (κ2) is 3.77. The Labute approximate surface area is 97.3 Å². The van der Waals surface area contributed by atoms with Crippen LogP contribution in [-0.4, -0.2) is 17.3 Å². The van der Waals surface area contributed by atoms with Gasteiger partial charge >= 0.3 is 0 Å². The van der Waals surface area contributed by atoms with Crippen molar-refractivity contribution in [3.63, 3.8) is 0 Å². The number of ether oxygens (including phenoxy) is 1. The maximum Gasteiger partial charge on any atom is 0.120 e. The van der Waals surface area contributed by atoms with Crippen LogP contribution in [0.4, 0.5) is 0 Å². The van der Waals surface area contributed by atoms with Crippen molar-refractivity contribution in [3.8, 4) is 5.75 Å². The van der Waals surface area contributed by atoms with E-state index in [2.05, 4.69) is 26.0 Å². The number of aryl methyl sites for hydroxylation is 2. The lowest BCUT2D eigenvalue weighted by Crippen LogP contribution is -2.56. The minimum Gasteiger partial charge on any atom is -0.490 e. The highest BCUT2D eigenvalue weighted by molar-refractivity contribution is 5.34. The Hall–Kier alpha value is -1.02. The van der Waals surface area contributed by atoms with E-state index in [-0.39, 0.29) is 17.6 Å². The quantitative estimate of drug-likeness (QED) is 0.830. The molecule has 1 N–H and O–H groups in total. The SMILES string of the molecule is Cc1ccc(OC2CC(O)C2(C)C)cc1C. The molecule has 88 valence electrons. The van der Waals surface area contributed by atoms with E-state index < -0.39 is 0 Å². The Bertz CT molecular complexity index is 396. The van der Waals surface area contributed by atoms with Gasteiger partial charge in [-0.15, -0.1) is 0 Å². The topological polar surface area (TPSA) is 29.5 Å². The minimum atomic E-state index is -0.232. The molecule has 2 rings (SSSR count). The third-order valence-corrected chi connectivity index (χ3v) is 3.88. The molecule has 1 fully saturated rings. The van der Waals surface area contributed by atoms with Crippen LogP contribution in [0.5, 0.6) is 5.75 Å². The van der Waals surface area contributed by atoms with Crippen LogP contribution in [0.25, 0.3) is 0 Å². The lowest BCUT2D eigenvalue weighted by atomic mass is 9.66. The third-order valence-electron chi connectivity index (χ3n) is 3.88. The van der Waals surface area contributed by atoms with Crippen molar-refractivity contribution < 1.29 is 9.84 Å². The molecule has 0 amide bonds. The van der Waals surface area contributed by atoms with Crippen LogP contribution in [0.3, 0.4) is 0 Å². The van der Waals surface area contributed by atoms with E-state index in [1.807, 2.05) is 19.9 Å². The molecule has 1 aliphatic carbocycles. The summed E-state index contributed by atoms with van der Waals surface area (Å²) < 4.78 is 5.91.